The molecule has 0 aliphatic heterocycles. The third-order valence-electron chi connectivity index (χ3n) is 15.7. The second-order valence-electron chi connectivity index (χ2n) is 19.5. The molecule has 74 heavy (non-hydrogen) atoms. The van der Waals surface area contributed by atoms with Crippen molar-refractivity contribution in [2.24, 2.45) is 0 Å². The molecule has 3 nitrogen and oxygen atoms in total. The number of pyridine rings is 2. The summed E-state index contributed by atoms with van der Waals surface area (Å²) in [5.41, 5.74) is 22.2. The Morgan fingerprint density at radius 3 is 1.20 bits per heavy atom. The minimum atomic E-state index is -3.18. The molecule has 344 valence electrons. The van der Waals surface area contributed by atoms with Crippen LogP contribution in [0.25, 0.3) is 122 Å². The first kappa shape index (κ1) is 42.2. The molecule has 0 fully saturated rings. The monoisotopic (exact) mass is 956 g/mol. The van der Waals surface area contributed by atoms with Crippen LogP contribution in [0.5, 0.6) is 0 Å². The van der Waals surface area contributed by atoms with Crippen LogP contribution >= 0.6 is 0 Å². The minimum Gasteiger partial charge on any atom is -0.455 e. The predicted molar refractivity (Wildman–Crippen MR) is 309 cm³/mol. The molecule has 0 saturated heterocycles. The lowest BCUT2D eigenvalue weighted by molar-refractivity contribution is 0.670. The number of aromatic nitrogens is 2. The highest BCUT2D eigenvalue weighted by molar-refractivity contribution is 7.20. The highest BCUT2D eigenvalue weighted by Gasteiger charge is 2.43. The SMILES string of the molecule is c1ccc([Si](c2ccccc2)(c2ccc3c(c2)-c2ccccc2-c2ccccc2-c2cc(-c4cccc5c4oc4ccccc45)ccc2-3)c2ccc3c(c2)-c2ccccc2-c2cccnc2-c2ncccc2-3)cc1. The van der Waals surface area contributed by atoms with Gasteiger partial charge in [-0.25, -0.2) is 0 Å². The van der Waals surface area contributed by atoms with E-state index in [0.29, 0.717) is 0 Å². The van der Waals surface area contributed by atoms with Crippen molar-refractivity contribution < 1.29 is 4.42 Å². The molecule has 0 radical (unpaired) electrons. The van der Waals surface area contributed by atoms with Crippen molar-refractivity contribution in [3.05, 3.63) is 267 Å². The number of para-hydroxylation sites is 2. The molecule has 4 heteroatoms. The van der Waals surface area contributed by atoms with Gasteiger partial charge in [0.15, 0.2) is 8.07 Å². The van der Waals surface area contributed by atoms with Crippen molar-refractivity contribution in [3.8, 4) is 100 Å². The van der Waals surface area contributed by atoms with Crippen molar-refractivity contribution in [2.45, 2.75) is 0 Å². The third-order valence-corrected chi connectivity index (χ3v) is 20.5. The Hall–Kier alpha value is -9.48. The summed E-state index contributed by atoms with van der Waals surface area (Å²) in [5.74, 6) is 0. The normalized spacial score (nSPS) is 12.1. The van der Waals surface area contributed by atoms with E-state index < -0.39 is 8.07 Å². The maximum Gasteiger partial charge on any atom is 0.179 e. The summed E-state index contributed by atoms with van der Waals surface area (Å²) in [5, 5.41) is 7.50. The van der Waals surface area contributed by atoms with Crippen LogP contribution in [0.3, 0.4) is 0 Å². The molecule has 0 unspecified atom stereocenters. The maximum atomic E-state index is 6.64. The van der Waals surface area contributed by atoms with E-state index in [1.807, 2.05) is 30.6 Å². The molecule has 0 N–H and O–H groups in total. The number of hydrogen-bond acceptors (Lipinski definition) is 3. The van der Waals surface area contributed by atoms with Crippen LogP contribution in [-0.4, -0.2) is 18.0 Å². The van der Waals surface area contributed by atoms with E-state index in [-0.39, 0.29) is 0 Å². The Kier molecular flexibility index (Phi) is 9.59. The van der Waals surface area contributed by atoms with Gasteiger partial charge in [-0.1, -0.05) is 231 Å². The van der Waals surface area contributed by atoms with Crippen LogP contribution in [-0.2, 0) is 0 Å². The van der Waals surface area contributed by atoms with Crippen LogP contribution < -0.4 is 20.7 Å². The topological polar surface area (TPSA) is 38.9 Å². The van der Waals surface area contributed by atoms with Gasteiger partial charge in [-0.2, -0.15) is 0 Å². The predicted octanol–water partition coefficient (Wildman–Crippen LogP) is 15.4. The van der Waals surface area contributed by atoms with Crippen LogP contribution in [0.2, 0.25) is 0 Å². The summed E-state index contributed by atoms with van der Waals surface area (Å²) in [6.07, 6.45) is 3.77. The second kappa shape index (κ2) is 16.8. The van der Waals surface area contributed by atoms with Crippen LogP contribution in [0.15, 0.2) is 272 Å². The van der Waals surface area contributed by atoms with Crippen LogP contribution in [0.4, 0.5) is 0 Å². The Labute approximate surface area is 430 Å². The number of fused-ring (bicyclic) bond motifs is 19. The fourth-order valence-corrected chi connectivity index (χ4v) is 17.2. The number of nitrogens with zero attached hydrogens (tertiary/aromatic N) is 2. The molecule has 2 aliphatic rings. The molecule has 10 aromatic carbocycles. The van der Waals surface area contributed by atoms with Crippen molar-refractivity contribution >= 4 is 50.8 Å². The average Bonchev–Trinajstić information content (AvgIpc) is 3.87. The lowest BCUT2D eigenvalue weighted by atomic mass is 9.80. The lowest BCUT2D eigenvalue weighted by Gasteiger charge is -2.36. The van der Waals surface area contributed by atoms with Gasteiger partial charge in [0.2, 0.25) is 0 Å². The molecule has 13 aromatic rings. The van der Waals surface area contributed by atoms with Crippen molar-refractivity contribution in [1.29, 1.82) is 0 Å². The van der Waals surface area contributed by atoms with Crippen LogP contribution in [0, 0.1) is 0 Å². The first-order valence-electron chi connectivity index (χ1n) is 25.4. The zero-order valence-corrected chi connectivity index (χ0v) is 41.2. The van der Waals surface area contributed by atoms with Gasteiger partial charge >= 0.3 is 0 Å². The first-order chi connectivity index (χ1) is 36.7. The number of furan rings is 1. The van der Waals surface area contributed by atoms with E-state index in [2.05, 4.69) is 237 Å². The van der Waals surface area contributed by atoms with Crippen molar-refractivity contribution in [2.75, 3.05) is 0 Å². The van der Waals surface area contributed by atoms with E-state index in [0.717, 1.165) is 66.7 Å². The smallest absolute Gasteiger partial charge is 0.179 e. The van der Waals surface area contributed by atoms with Gasteiger partial charge in [-0.05, 0) is 117 Å². The number of rotatable bonds is 5. The molecule has 15 rings (SSSR count). The minimum absolute atomic E-state index is 0.891. The Morgan fingerprint density at radius 2 is 0.649 bits per heavy atom. The van der Waals surface area contributed by atoms with Gasteiger partial charge in [-0.15, -0.1) is 0 Å². The third kappa shape index (κ3) is 6.32. The van der Waals surface area contributed by atoms with E-state index in [1.165, 1.54) is 76.4 Å². The number of hydrogen-bond donors (Lipinski definition) is 0. The molecule has 3 aromatic heterocycles. The standard InChI is InChI=1S/C70H44N2OSi/c1-3-18-46(19-4-1)74(47-20-5-2-6-21-47,49-36-39-59-62-32-17-41-72-69(62)68-61(31-16-40-71-68)53-24-9-12-27-56(53)66(59)44-49)48-35-38-58-57-37-34-45(50-29-15-30-63-60-28-13-14-33-67(60)73-70(50)63)42-64(57)54-25-10-7-22-51(54)52-23-8-11-26-55(52)65(58)43-48/h1-44H. The summed E-state index contributed by atoms with van der Waals surface area (Å²) >= 11 is 0. The summed E-state index contributed by atoms with van der Waals surface area (Å²) < 4.78 is 6.64. The molecule has 0 atom stereocenters. The molecule has 0 spiro atoms. The molecular formula is C70H44N2OSi. The van der Waals surface area contributed by atoms with Gasteiger partial charge in [0.25, 0.3) is 0 Å². The van der Waals surface area contributed by atoms with Crippen molar-refractivity contribution in [3.63, 3.8) is 0 Å². The molecule has 0 bridgehead atoms. The van der Waals surface area contributed by atoms with Gasteiger partial charge in [0, 0.05) is 39.9 Å². The number of benzene rings is 10. The Morgan fingerprint density at radius 1 is 0.257 bits per heavy atom. The average molecular weight is 957 g/mol. The first-order valence-corrected chi connectivity index (χ1v) is 27.4. The van der Waals surface area contributed by atoms with E-state index in [4.69, 9.17) is 14.4 Å². The quantitative estimate of drug-likeness (QED) is 0.127. The van der Waals surface area contributed by atoms with E-state index >= 15 is 0 Å². The largest absolute Gasteiger partial charge is 0.455 e. The van der Waals surface area contributed by atoms with Gasteiger partial charge < -0.3 is 4.42 Å². The highest BCUT2D eigenvalue weighted by atomic mass is 28.3. The summed E-state index contributed by atoms with van der Waals surface area (Å²) in [7, 11) is -3.18. The molecule has 0 amide bonds. The fourth-order valence-electron chi connectivity index (χ4n) is 12.5. The maximum absolute atomic E-state index is 6.64. The van der Waals surface area contributed by atoms with Gasteiger partial charge in [0.1, 0.15) is 11.2 Å². The molecule has 3 heterocycles. The van der Waals surface area contributed by atoms with Gasteiger partial charge in [-0.3, -0.25) is 9.97 Å². The highest BCUT2D eigenvalue weighted by Crippen LogP contribution is 2.50. The Bertz CT molecular complexity index is 4340. The molecule has 2 aliphatic carbocycles. The van der Waals surface area contributed by atoms with E-state index in [9.17, 15) is 0 Å². The van der Waals surface area contributed by atoms with E-state index in [1.54, 1.807) is 0 Å². The second-order valence-corrected chi connectivity index (χ2v) is 23.3. The summed E-state index contributed by atoms with van der Waals surface area (Å²) in [6.45, 7) is 0. The van der Waals surface area contributed by atoms with Crippen molar-refractivity contribution in [1.82, 2.24) is 9.97 Å². The Balaban J connectivity index is 1.01. The molecular weight excluding hydrogens is 913 g/mol. The summed E-state index contributed by atoms with van der Waals surface area (Å²) in [6, 6.07) is 94.6. The fraction of sp³-hybridized carbons (Fsp3) is 0. The lowest BCUT2D eigenvalue weighted by Crippen LogP contribution is -2.74. The van der Waals surface area contributed by atoms with Gasteiger partial charge in [0.05, 0.1) is 11.4 Å². The molecule has 0 saturated carbocycles. The zero-order chi connectivity index (χ0) is 48.7. The summed E-state index contributed by atoms with van der Waals surface area (Å²) in [4.78, 5) is 10.0. The van der Waals surface area contributed by atoms with Crippen LogP contribution in [0.1, 0.15) is 0 Å². The zero-order valence-electron chi connectivity index (χ0n) is 40.2.